The van der Waals surface area contributed by atoms with Crippen molar-refractivity contribution < 1.29 is 9.53 Å². The van der Waals surface area contributed by atoms with Crippen LogP contribution >= 0.6 is 0 Å². The van der Waals surface area contributed by atoms with Crippen LogP contribution < -0.4 is 0 Å². The third-order valence-electron chi connectivity index (χ3n) is 2.20. The Bertz CT molecular complexity index is 493. The predicted molar refractivity (Wildman–Crippen MR) is 57.9 cm³/mol. The van der Waals surface area contributed by atoms with Gasteiger partial charge in [0.05, 0.1) is 18.7 Å². The second-order valence-electron chi connectivity index (χ2n) is 3.36. The monoisotopic (exact) mass is 219 g/mol. The predicted octanol–water partition coefficient (Wildman–Crippen LogP) is 1.22. The Hall–Kier alpha value is -1.91. The van der Waals surface area contributed by atoms with Gasteiger partial charge in [-0.1, -0.05) is 0 Å². The highest BCUT2D eigenvalue weighted by Gasteiger charge is 2.04. The summed E-state index contributed by atoms with van der Waals surface area (Å²) in [6.07, 6.45) is 4.43. The van der Waals surface area contributed by atoms with Gasteiger partial charge in [-0.05, 0) is 19.1 Å². The molecule has 0 atom stereocenters. The molecule has 0 unspecified atom stereocenters. The fourth-order valence-electron chi connectivity index (χ4n) is 1.45. The third-order valence-corrected chi connectivity index (χ3v) is 2.20. The number of hydrogen-bond donors (Lipinski definition) is 0. The maximum Gasteiger partial charge on any atom is 0.306 e. The molecule has 2 aromatic heterocycles. The van der Waals surface area contributed by atoms with E-state index in [4.69, 9.17) is 4.74 Å². The number of esters is 1. The molecule has 5 heteroatoms. The molecule has 84 valence electrons. The van der Waals surface area contributed by atoms with Crippen molar-refractivity contribution in [2.45, 2.75) is 19.8 Å². The second-order valence-corrected chi connectivity index (χ2v) is 3.36. The zero-order chi connectivity index (χ0) is 11.4. The molecule has 2 rings (SSSR count). The molecule has 0 radical (unpaired) electrons. The van der Waals surface area contributed by atoms with Crippen molar-refractivity contribution in [1.82, 2.24) is 14.6 Å². The third kappa shape index (κ3) is 2.36. The van der Waals surface area contributed by atoms with Gasteiger partial charge in [-0.2, -0.15) is 5.10 Å². The Labute approximate surface area is 93.1 Å². The molecule has 0 aromatic carbocycles. The first kappa shape index (κ1) is 10.6. The number of rotatable bonds is 4. The summed E-state index contributed by atoms with van der Waals surface area (Å²) in [5.74, 6) is -0.185. The van der Waals surface area contributed by atoms with Crippen LogP contribution in [0.4, 0.5) is 0 Å². The van der Waals surface area contributed by atoms with Gasteiger partial charge >= 0.3 is 5.97 Å². The van der Waals surface area contributed by atoms with E-state index in [1.54, 1.807) is 23.8 Å². The fraction of sp³-hybridized carbons (Fsp3) is 0.364. The number of imidazole rings is 1. The van der Waals surface area contributed by atoms with Crippen LogP contribution in [0.1, 0.15) is 19.0 Å². The van der Waals surface area contributed by atoms with Crippen molar-refractivity contribution in [2.75, 3.05) is 6.61 Å². The molecule has 0 aliphatic rings. The lowest BCUT2D eigenvalue weighted by Gasteiger charge is -2.02. The largest absolute Gasteiger partial charge is 0.466 e. The number of carbonyl (C=O) groups is 1. The molecule has 2 heterocycles. The molecule has 0 aliphatic carbocycles. The van der Waals surface area contributed by atoms with Gasteiger partial charge in [0.15, 0.2) is 5.65 Å². The minimum Gasteiger partial charge on any atom is -0.466 e. The van der Waals surface area contributed by atoms with Gasteiger partial charge in [-0.3, -0.25) is 4.79 Å². The zero-order valence-electron chi connectivity index (χ0n) is 9.09. The van der Waals surface area contributed by atoms with Crippen LogP contribution in [0.15, 0.2) is 24.5 Å². The molecule has 5 nitrogen and oxygen atoms in total. The summed E-state index contributed by atoms with van der Waals surface area (Å²) in [7, 11) is 0. The summed E-state index contributed by atoms with van der Waals surface area (Å²) in [6.45, 7) is 2.22. The second kappa shape index (κ2) is 4.74. The number of nitrogens with zero attached hydrogens (tertiary/aromatic N) is 3. The van der Waals surface area contributed by atoms with Crippen LogP contribution in [0.25, 0.3) is 5.65 Å². The number of fused-ring (bicyclic) bond motifs is 1. The SMILES string of the molecule is CCOC(=O)CCc1ccc2nccn2n1. The molecular formula is C11H13N3O2. The van der Waals surface area contributed by atoms with Crippen LogP contribution in [0, 0.1) is 0 Å². The number of ether oxygens (including phenoxy) is 1. The van der Waals surface area contributed by atoms with E-state index in [2.05, 4.69) is 10.1 Å². The Morgan fingerprint density at radius 3 is 3.19 bits per heavy atom. The van der Waals surface area contributed by atoms with Crippen LogP contribution in [0.2, 0.25) is 0 Å². The number of carbonyl (C=O) groups excluding carboxylic acids is 1. The summed E-state index contributed by atoms with van der Waals surface area (Å²) in [5, 5.41) is 4.31. The van der Waals surface area contributed by atoms with Gasteiger partial charge in [0.2, 0.25) is 0 Å². The van der Waals surface area contributed by atoms with Crippen molar-refractivity contribution in [3.05, 3.63) is 30.2 Å². The molecule has 2 aromatic rings. The van der Waals surface area contributed by atoms with E-state index in [9.17, 15) is 4.79 Å². The maximum absolute atomic E-state index is 11.2. The lowest BCUT2D eigenvalue weighted by molar-refractivity contribution is -0.143. The average Bonchev–Trinajstić information content (AvgIpc) is 2.74. The topological polar surface area (TPSA) is 56.5 Å². The first-order chi connectivity index (χ1) is 7.79. The van der Waals surface area contributed by atoms with Crippen LogP contribution in [0.5, 0.6) is 0 Å². The minimum atomic E-state index is -0.185. The van der Waals surface area contributed by atoms with E-state index in [1.807, 2.05) is 12.1 Å². The Morgan fingerprint density at radius 2 is 2.38 bits per heavy atom. The lowest BCUT2D eigenvalue weighted by Crippen LogP contribution is -2.06. The lowest BCUT2D eigenvalue weighted by atomic mass is 10.2. The molecule has 0 N–H and O–H groups in total. The van der Waals surface area contributed by atoms with Crippen molar-refractivity contribution >= 4 is 11.6 Å². The van der Waals surface area contributed by atoms with E-state index in [0.29, 0.717) is 19.4 Å². The van der Waals surface area contributed by atoms with Crippen molar-refractivity contribution in [3.8, 4) is 0 Å². The Kier molecular flexibility index (Phi) is 3.14. The highest BCUT2D eigenvalue weighted by Crippen LogP contribution is 2.03. The standard InChI is InChI=1S/C11H13N3O2/c1-2-16-11(15)6-4-9-3-5-10-12-7-8-14(10)13-9/h3,5,7-8H,2,4,6H2,1H3. The summed E-state index contributed by atoms with van der Waals surface area (Å²) >= 11 is 0. The average molecular weight is 219 g/mol. The van der Waals surface area contributed by atoms with Crippen LogP contribution in [-0.4, -0.2) is 27.2 Å². The first-order valence-corrected chi connectivity index (χ1v) is 5.24. The quantitative estimate of drug-likeness (QED) is 0.725. The normalized spacial score (nSPS) is 10.6. The summed E-state index contributed by atoms with van der Waals surface area (Å²) in [6, 6.07) is 3.76. The number of aromatic nitrogens is 3. The number of aryl methyl sites for hydroxylation is 1. The Morgan fingerprint density at radius 1 is 1.50 bits per heavy atom. The number of hydrogen-bond acceptors (Lipinski definition) is 4. The molecular weight excluding hydrogens is 206 g/mol. The first-order valence-electron chi connectivity index (χ1n) is 5.24. The molecule has 16 heavy (non-hydrogen) atoms. The van der Waals surface area contributed by atoms with E-state index in [1.165, 1.54) is 0 Å². The van der Waals surface area contributed by atoms with E-state index in [0.717, 1.165) is 11.3 Å². The molecule has 0 bridgehead atoms. The molecule has 0 saturated heterocycles. The van der Waals surface area contributed by atoms with E-state index >= 15 is 0 Å². The summed E-state index contributed by atoms with van der Waals surface area (Å²) in [5.41, 5.74) is 1.67. The van der Waals surface area contributed by atoms with Crippen LogP contribution in [0.3, 0.4) is 0 Å². The molecule has 0 saturated carbocycles. The van der Waals surface area contributed by atoms with Crippen LogP contribution in [-0.2, 0) is 16.0 Å². The highest BCUT2D eigenvalue weighted by molar-refractivity contribution is 5.69. The minimum absolute atomic E-state index is 0.185. The van der Waals surface area contributed by atoms with Gasteiger partial charge in [-0.25, -0.2) is 9.50 Å². The van der Waals surface area contributed by atoms with Crippen molar-refractivity contribution in [1.29, 1.82) is 0 Å². The van der Waals surface area contributed by atoms with Crippen molar-refractivity contribution in [2.24, 2.45) is 0 Å². The van der Waals surface area contributed by atoms with Gasteiger partial charge in [0, 0.05) is 18.8 Å². The van der Waals surface area contributed by atoms with Gasteiger partial charge in [-0.15, -0.1) is 0 Å². The van der Waals surface area contributed by atoms with Gasteiger partial charge in [0.25, 0.3) is 0 Å². The molecule has 0 aliphatic heterocycles. The zero-order valence-corrected chi connectivity index (χ0v) is 9.09. The molecule has 0 amide bonds. The van der Waals surface area contributed by atoms with E-state index < -0.39 is 0 Å². The van der Waals surface area contributed by atoms with Gasteiger partial charge in [0.1, 0.15) is 0 Å². The molecule has 0 fully saturated rings. The Balaban J connectivity index is 2.01. The highest BCUT2D eigenvalue weighted by atomic mass is 16.5. The van der Waals surface area contributed by atoms with Gasteiger partial charge < -0.3 is 4.74 Å². The smallest absolute Gasteiger partial charge is 0.306 e. The van der Waals surface area contributed by atoms with E-state index in [-0.39, 0.29) is 5.97 Å². The summed E-state index contributed by atoms with van der Waals surface area (Å²) in [4.78, 5) is 15.3. The molecule has 0 spiro atoms. The summed E-state index contributed by atoms with van der Waals surface area (Å²) < 4.78 is 6.55. The maximum atomic E-state index is 11.2. The van der Waals surface area contributed by atoms with Crippen molar-refractivity contribution in [3.63, 3.8) is 0 Å². The fourth-order valence-corrected chi connectivity index (χ4v) is 1.45.